The zero-order valence-electron chi connectivity index (χ0n) is 20.8. The summed E-state index contributed by atoms with van der Waals surface area (Å²) in [4.78, 5) is 22.6. The molecule has 10 heteroatoms. The van der Waals surface area contributed by atoms with Crippen molar-refractivity contribution in [2.24, 2.45) is 0 Å². The fourth-order valence-electron chi connectivity index (χ4n) is 4.36. The molecule has 0 unspecified atom stereocenters. The number of carbonyl (C=O) groups is 1. The number of ether oxygens (including phenoxy) is 3. The Morgan fingerprint density at radius 3 is 2.73 bits per heavy atom. The SMILES string of the molecule is COCCN1CCN(c2ccc(Nc3nc(N)c(C(=O)C4=COC=C(C5=CC=CCC5)O4)s3)cc2)CC1. The predicted molar refractivity (Wildman–Crippen MR) is 146 cm³/mol. The molecule has 0 amide bonds. The average Bonchev–Trinajstić information content (AvgIpc) is 3.32. The lowest BCUT2D eigenvalue weighted by atomic mass is 10.0. The van der Waals surface area contributed by atoms with Crippen LogP contribution in [0.25, 0.3) is 0 Å². The van der Waals surface area contributed by atoms with E-state index in [1.807, 2.05) is 24.3 Å². The second kappa shape index (κ2) is 11.6. The Bertz CT molecular complexity index is 1240. The van der Waals surface area contributed by atoms with Gasteiger partial charge in [-0.05, 0) is 42.7 Å². The number of thiazole rings is 1. The third-order valence-corrected chi connectivity index (χ3v) is 7.44. The Hall–Kier alpha value is -3.60. The molecule has 1 aliphatic carbocycles. The van der Waals surface area contributed by atoms with Crippen LogP contribution in [0.2, 0.25) is 0 Å². The van der Waals surface area contributed by atoms with Crippen molar-refractivity contribution in [3.05, 3.63) is 77.0 Å². The van der Waals surface area contributed by atoms with Crippen LogP contribution in [0.1, 0.15) is 22.5 Å². The quantitative estimate of drug-likeness (QED) is 0.464. The van der Waals surface area contributed by atoms with Gasteiger partial charge in [-0.25, -0.2) is 4.98 Å². The zero-order chi connectivity index (χ0) is 25.6. The summed E-state index contributed by atoms with van der Waals surface area (Å²) < 4.78 is 16.4. The maximum atomic E-state index is 13.1. The van der Waals surface area contributed by atoms with Gasteiger partial charge in [0.15, 0.2) is 10.9 Å². The number of benzene rings is 1. The minimum atomic E-state index is -0.361. The number of nitrogen functional groups attached to an aromatic ring is 1. The van der Waals surface area contributed by atoms with E-state index in [2.05, 4.69) is 38.3 Å². The van der Waals surface area contributed by atoms with E-state index in [1.54, 1.807) is 7.11 Å². The summed E-state index contributed by atoms with van der Waals surface area (Å²) in [6, 6.07) is 8.21. The molecule has 1 fully saturated rings. The fraction of sp³-hybridized carbons (Fsp3) is 0.333. The summed E-state index contributed by atoms with van der Waals surface area (Å²) in [6.45, 7) is 5.75. The first-order valence-electron chi connectivity index (χ1n) is 12.3. The van der Waals surface area contributed by atoms with Crippen molar-refractivity contribution in [3.63, 3.8) is 0 Å². The minimum Gasteiger partial charge on any atom is -0.465 e. The molecule has 3 heterocycles. The third-order valence-electron chi connectivity index (χ3n) is 6.45. The first kappa shape index (κ1) is 25.1. The van der Waals surface area contributed by atoms with Crippen LogP contribution in [0.15, 0.2) is 72.1 Å². The van der Waals surface area contributed by atoms with Gasteiger partial charge in [0.2, 0.25) is 11.5 Å². The third kappa shape index (κ3) is 6.04. The number of hydrogen-bond acceptors (Lipinski definition) is 10. The molecule has 3 N–H and O–H groups in total. The van der Waals surface area contributed by atoms with Crippen LogP contribution >= 0.6 is 11.3 Å². The van der Waals surface area contributed by atoms with Gasteiger partial charge in [-0.3, -0.25) is 9.69 Å². The molecule has 9 nitrogen and oxygen atoms in total. The molecule has 0 atom stereocenters. The van der Waals surface area contributed by atoms with Crippen LogP contribution < -0.4 is 16.0 Å². The summed E-state index contributed by atoms with van der Waals surface area (Å²) >= 11 is 1.19. The first-order valence-corrected chi connectivity index (χ1v) is 13.2. The van der Waals surface area contributed by atoms with Gasteiger partial charge in [-0.1, -0.05) is 29.6 Å². The van der Waals surface area contributed by atoms with Crippen molar-refractivity contribution in [2.75, 3.05) is 62.4 Å². The van der Waals surface area contributed by atoms with Crippen molar-refractivity contribution in [1.29, 1.82) is 0 Å². The van der Waals surface area contributed by atoms with E-state index in [1.165, 1.54) is 29.5 Å². The highest BCUT2D eigenvalue weighted by Gasteiger charge is 2.26. The largest absolute Gasteiger partial charge is 0.465 e. The number of rotatable bonds is 9. The summed E-state index contributed by atoms with van der Waals surface area (Å²) in [5, 5.41) is 3.79. The number of piperazine rings is 1. The van der Waals surface area contributed by atoms with Crippen LogP contribution in [-0.4, -0.2) is 62.1 Å². The van der Waals surface area contributed by atoms with E-state index in [-0.39, 0.29) is 17.4 Å². The number of aromatic nitrogens is 1. The second-order valence-corrected chi connectivity index (χ2v) is 9.92. The van der Waals surface area contributed by atoms with Gasteiger partial charge in [0, 0.05) is 51.2 Å². The van der Waals surface area contributed by atoms with Crippen molar-refractivity contribution < 1.29 is 19.0 Å². The van der Waals surface area contributed by atoms with E-state index < -0.39 is 0 Å². The van der Waals surface area contributed by atoms with Crippen LogP contribution in [0.5, 0.6) is 0 Å². The van der Waals surface area contributed by atoms with E-state index >= 15 is 0 Å². The van der Waals surface area contributed by atoms with Crippen molar-refractivity contribution in [3.8, 4) is 0 Å². The van der Waals surface area contributed by atoms with E-state index in [0.29, 0.717) is 15.8 Å². The molecule has 0 radical (unpaired) electrons. The lowest BCUT2D eigenvalue weighted by molar-refractivity contribution is 0.0938. The molecule has 1 aromatic heterocycles. The number of nitrogens with two attached hydrogens (primary N) is 1. The normalized spacial score (nSPS) is 17.9. The second-order valence-electron chi connectivity index (χ2n) is 8.92. The lowest BCUT2D eigenvalue weighted by Crippen LogP contribution is -2.47. The Morgan fingerprint density at radius 2 is 2.00 bits per heavy atom. The molecule has 3 aliphatic rings. The maximum Gasteiger partial charge on any atom is 0.245 e. The van der Waals surface area contributed by atoms with Crippen molar-refractivity contribution >= 4 is 39.4 Å². The molecular formula is C27H31N5O4S. The van der Waals surface area contributed by atoms with Gasteiger partial charge in [0.1, 0.15) is 23.2 Å². The van der Waals surface area contributed by atoms with Crippen LogP contribution in [0, 0.1) is 0 Å². The number of carbonyl (C=O) groups excluding carboxylic acids is 1. The lowest BCUT2D eigenvalue weighted by Gasteiger charge is -2.36. The number of nitrogens with zero attached hydrogens (tertiary/aromatic N) is 3. The summed E-state index contributed by atoms with van der Waals surface area (Å²) in [7, 11) is 1.74. The highest BCUT2D eigenvalue weighted by atomic mass is 32.1. The number of ketones is 1. The van der Waals surface area contributed by atoms with Gasteiger partial charge in [0.25, 0.3) is 0 Å². The molecule has 2 aliphatic heterocycles. The Kier molecular flexibility index (Phi) is 7.88. The number of anilines is 4. The smallest absolute Gasteiger partial charge is 0.245 e. The summed E-state index contributed by atoms with van der Waals surface area (Å²) in [5.41, 5.74) is 9.14. The highest BCUT2D eigenvalue weighted by Crippen LogP contribution is 2.33. The number of allylic oxidation sites excluding steroid dienone is 5. The molecular weight excluding hydrogens is 490 g/mol. The van der Waals surface area contributed by atoms with Gasteiger partial charge >= 0.3 is 0 Å². The fourth-order valence-corrected chi connectivity index (χ4v) is 5.21. The Morgan fingerprint density at radius 1 is 1.19 bits per heavy atom. The number of nitrogens with one attached hydrogen (secondary N) is 1. The first-order chi connectivity index (χ1) is 18.1. The number of Topliss-reactive ketones (excluding diaryl/α,β-unsaturated/α-hetero) is 1. The number of methoxy groups -OCH3 is 1. The van der Waals surface area contributed by atoms with Crippen molar-refractivity contribution in [1.82, 2.24) is 9.88 Å². The van der Waals surface area contributed by atoms with Gasteiger partial charge in [0.05, 0.1) is 6.61 Å². The average molecular weight is 522 g/mol. The van der Waals surface area contributed by atoms with Gasteiger partial charge in [-0.2, -0.15) is 0 Å². The van der Waals surface area contributed by atoms with E-state index in [4.69, 9.17) is 19.9 Å². The molecule has 194 valence electrons. The van der Waals surface area contributed by atoms with Crippen molar-refractivity contribution in [2.45, 2.75) is 12.8 Å². The molecule has 37 heavy (non-hydrogen) atoms. The van der Waals surface area contributed by atoms with Gasteiger partial charge in [-0.15, -0.1) is 0 Å². The van der Waals surface area contributed by atoms with E-state index in [9.17, 15) is 4.79 Å². The van der Waals surface area contributed by atoms with Crippen LogP contribution in [-0.2, 0) is 14.2 Å². The highest BCUT2D eigenvalue weighted by molar-refractivity contribution is 7.18. The maximum absolute atomic E-state index is 13.1. The molecule has 2 aromatic rings. The monoisotopic (exact) mass is 521 g/mol. The molecule has 1 aromatic carbocycles. The minimum absolute atomic E-state index is 0.0847. The Labute approximate surface area is 220 Å². The summed E-state index contributed by atoms with van der Waals surface area (Å²) in [5.74, 6) is 0.413. The molecule has 5 rings (SSSR count). The van der Waals surface area contributed by atoms with Gasteiger partial charge < -0.3 is 30.2 Å². The van der Waals surface area contributed by atoms with E-state index in [0.717, 1.165) is 63.4 Å². The van der Waals surface area contributed by atoms with Crippen LogP contribution in [0.3, 0.4) is 0 Å². The zero-order valence-corrected chi connectivity index (χ0v) is 21.6. The molecule has 0 bridgehead atoms. The number of hydrogen-bond donors (Lipinski definition) is 2. The molecule has 0 saturated carbocycles. The predicted octanol–water partition coefficient (Wildman–Crippen LogP) is 4.43. The molecule has 1 saturated heterocycles. The van der Waals surface area contributed by atoms with Crippen LogP contribution in [0.4, 0.5) is 22.3 Å². The topological polar surface area (TPSA) is 102 Å². The summed E-state index contributed by atoms with van der Waals surface area (Å²) in [6.07, 6.45) is 10.6. The Balaban J connectivity index is 1.19. The molecule has 0 spiro atoms. The standard InChI is InChI=1S/C27H31N5O4S/c1-34-16-15-31-11-13-32(14-12-31)21-9-7-20(8-10-21)29-27-30-26(28)25(37-27)24(33)23-18-35-17-22(36-23)19-5-3-2-4-6-19/h2-3,5,7-10,17-18H,4,6,11-16,28H2,1H3,(H,29,30).